The number of phenolic OH excluding ortho intramolecular Hbond substituents is 1. The molecule has 0 saturated heterocycles. The SMILES string of the molecule is N#CC=Cc1cccc(O)c1-c1nc(-c2ccccc2)cs1. The van der Waals surface area contributed by atoms with E-state index in [4.69, 9.17) is 5.26 Å². The van der Waals surface area contributed by atoms with Crippen LogP contribution >= 0.6 is 11.3 Å². The molecule has 0 unspecified atom stereocenters. The summed E-state index contributed by atoms with van der Waals surface area (Å²) in [6.45, 7) is 0. The van der Waals surface area contributed by atoms with E-state index in [1.807, 2.05) is 47.8 Å². The van der Waals surface area contributed by atoms with Crippen LogP contribution < -0.4 is 0 Å². The first-order valence-corrected chi connectivity index (χ1v) is 7.57. The minimum Gasteiger partial charge on any atom is -0.507 e. The third-order valence-electron chi connectivity index (χ3n) is 3.20. The highest BCUT2D eigenvalue weighted by atomic mass is 32.1. The normalized spacial score (nSPS) is 10.7. The second-order valence-corrected chi connectivity index (χ2v) is 5.47. The van der Waals surface area contributed by atoms with Crippen molar-refractivity contribution >= 4 is 17.4 Å². The van der Waals surface area contributed by atoms with Gasteiger partial charge in [-0.15, -0.1) is 11.3 Å². The summed E-state index contributed by atoms with van der Waals surface area (Å²) in [6.07, 6.45) is 3.07. The van der Waals surface area contributed by atoms with Crippen LogP contribution in [0.3, 0.4) is 0 Å². The maximum atomic E-state index is 10.2. The van der Waals surface area contributed by atoms with E-state index in [0.29, 0.717) is 5.56 Å². The molecule has 0 saturated carbocycles. The van der Waals surface area contributed by atoms with Gasteiger partial charge in [0.25, 0.3) is 0 Å². The Kier molecular flexibility index (Phi) is 3.99. The predicted molar refractivity (Wildman–Crippen MR) is 89.3 cm³/mol. The Morgan fingerprint density at radius 1 is 1.09 bits per heavy atom. The fourth-order valence-electron chi connectivity index (χ4n) is 2.19. The van der Waals surface area contributed by atoms with Crippen molar-refractivity contribution in [2.45, 2.75) is 0 Å². The molecular weight excluding hydrogens is 292 g/mol. The Morgan fingerprint density at radius 2 is 1.91 bits per heavy atom. The first kappa shape index (κ1) is 14.1. The van der Waals surface area contributed by atoms with Gasteiger partial charge in [-0.1, -0.05) is 42.5 Å². The number of nitrogens with zero attached hydrogens (tertiary/aromatic N) is 2. The topological polar surface area (TPSA) is 56.9 Å². The molecule has 0 spiro atoms. The third kappa shape index (κ3) is 2.76. The summed E-state index contributed by atoms with van der Waals surface area (Å²) in [5.41, 5.74) is 3.34. The van der Waals surface area contributed by atoms with Crippen molar-refractivity contribution in [3.8, 4) is 33.6 Å². The van der Waals surface area contributed by atoms with Gasteiger partial charge in [0.05, 0.1) is 17.3 Å². The lowest BCUT2D eigenvalue weighted by Crippen LogP contribution is -1.84. The van der Waals surface area contributed by atoms with Gasteiger partial charge in [0.15, 0.2) is 0 Å². The van der Waals surface area contributed by atoms with Gasteiger partial charge in [0, 0.05) is 17.0 Å². The zero-order valence-electron chi connectivity index (χ0n) is 11.6. The molecule has 1 N–H and O–H groups in total. The molecule has 3 aromatic rings. The van der Waals surface area contributed by atoms with Gasteiger partial charge in [-0.2, -0.15) is 5.26 Å². The summed E-state index contributed by atoms with van der Waals surface area (Å²) in [4.78, 5) is 4.62. The van der Waals surface area contributed by atoms with E-state index in [0.717, 1.165) is 21.8 Å². The first-order chi connectivity index (χ1) is 10.8. The highest BCUT2D eigenvalue weighted by Gasteiger charge is 2.13. The van der Waals surface area contributed by atoms with Crippen molar-refractivity contribution in [3.05, 3.63) is 65.6 Å². The van der Waals surface area contributed by atoms with Crippen LogP contribution in [0.25, 0.3) is 27.9 Å². The standard InChI is InChI=1S/C18H12N2OS/c19-11-5-9-14-8-4-10-16(21)17(14)18-20-15(12-22-18)13-6-2-1-3-7-13/h1-10,12,21H. The molecule has 0 amide bonds. The van der Waals surface area contributed by atoms with Gasteiger partial charge in [-0.25, -0.2) is 4.98 Å². The van der Waals surface area contributed by atoms with Crippen LogP contribution in [0.5, 0.6) is 5.75 Å². The van der Waals surface area contributed by atoms with E-state index in [2.05, 4.69) is 4.98 Å². The van der Waals surface area contributed by atoms with Crippen molar-refractivity contribution < 1.29 is 5.11 Å². The lowest BCUT2D eigenvalue weighted by atomic mass is 10.1. The molecule has 0 aliphatic heterocycles. The molecule has 0 aliphatic carbocycles. The summed E-state index contributed by atoms with van der Waals surface area (Å²) in [5.74, 6) is 0.161. The van der Waals surface area contributed by atoms with E-state index in [-0.39, 0.29) is 5.75 Å². The van der Waals surface area contributed by atoms with Gasteiger partial charge < -0.3 is 5.11 Å². The average Bonchev–Trinajstić information content (AvgIpc) is 3.03. The largest absolute Gasteiger partial charge is 0.507 e. The van der Waals surface area contributed by atoms with Crippen LogP contribution in [-0.2, 0) is 0 Å². The van der Waals surface area contributed by atoms with Crippen molar-refractivity contribution in [2.24, 2.45) is 0 Å². The number of aromatic nitrogens is 1. The van der Waals surface area contributed by atoms with E-state index in [1.165, 1.54) is 17.4 Å². The Balaban J connectivity index is 2.08. The number of nitriles is 1. The number of rotatable bonds is 3. The number of allylic oxidation sites excluding steroid dienone is 1. The number of aromatic hydroxyl groups is 1. The number of thiazole rings is 1. The summed E-state index contributed by atoms with van der Waals surface area (Å²) in [5, 5.41) is 21.6. The monoisotopic (exact) mass is 304 g/mol. The van der Waals surface area contributed by atoms with Gasteiger partial charge in [-0.3, -0.25) is 0 Å². The summed E-state index contributed by atoms with van der Waals surface area (Å²) in [6, 6.07) is 17.1. The second kappa shape index (κ2) is 6.25. The molecule has 0 radical (unpaired) electrons. The average molecular weight is 304 g/mol. The van der Waals surface area contributed by atoms with E-state index in [1.54, 1.807) is 18.2 Å². The van der Waals surface area contributed by atoms with Gasteiger partial charge in [0.1, 0.15) is 10.8 Å². The quantitative estimate of drug-likeness (QED) is 0.712. The third-order valence-corrected chi connectivity index (χ3v) is 4.06. The highest BCUT2D eigenvalue weighted by molar-refractivity contribution is 7.13. The van der Waals surface area contributed by atoms with Crippen LogP contribution in [0.2, 0.25) is 0 Å². The molecule has 3 nitrogen and oxygen atoms in total. The minimum atomic E-state index is 0.161. The predicted octanol–water partition coefficient (Wildman–Crippen LogP) is 4.72. The lowest BCUT2D eigenvalue weighted by Gasteiger charge is -2.05. The Bertz CT molecular complexity index is 860. The Morgan fingerprint density at radius 3 is 2.68 bits per heavy atom. The second-order valence-electron chi connectivity index (χ2n) is 4.61. The zero-order valence-corrected chi connectivity index (χ0v) is 12.4. The molecule has 1 aromatic heterocycles. The van der Waals surface area contributed by atoms with Crippen LogP contribution in [0.4, 0.5) is 0 Å². The molecule has 0 atom stereocenters. The number of hydrogen-bond donors (Lipinski definition) is 1. The van der Waals surface area contributed by atoms with Gasteiger partial charge in [0.2, 0.25) is 0 Å². The molecular formula is C18H12N2OS. The molecule has 1 heterocycles. The summed E-state index contributed by atoms with van der Waals surface area (Å²) >= 11 is 1.47. The molecule has 2 aromatic carbocycles. The van der Waals surface area contributed by atoms with Crippen LogP contribution in [0, 0.1) is 11.3 Å². The smallest absolute Gasteiger partial charge is 0.128 e. The Hall–Kier alpha value is -2.90. The maximum Gasteiger partial charge on any atom is 0.128 e. The number of benzene rings is 2. The highest BCUT2D eigenvalue weighted by Crippen LogP contribution is 2.37. The lowest BCUT2D eigenvalue weighted by molar-refractivity contribution is 0.477. The molecule has 0 bridgehead atoms. The first-order valence-electron chi connectivity index (χ1n) is 6.69. The van der Waals surface area contributed by atoms with Crippen molar-refractivity contribution in [2.75, 3.05) is 0 Å². The van der Waals surface area contributed by atoms with E-state index >= 15 is 0 Å². The van der Waals surface area contributed by atoms with Crippen LogP contribution in [0.15, 0.2) is 60.0 Å². The molecule has 0 fully saturated rings. The molecule has 22 heavy (non-hydrogen) atoms. The molecule has 0 aliphatic rings. The fourth-order valence-corrected chi connectivity index (χ4v) is 3.09. The van der Waals surface area contributed by atoms with E-state index < -0.39 is 0 Å². The molecule has 106 valence electrons. The molecule has 4 heteroatoms. The fraction of sp³-hybridized carbons (Fsp3) is 0. The van der Waals surface area contributed by atoms with Crippen molar-refractivity contribution in [3.63, 3.8) is 0 Å². The molecule has 3 rings (SSSR count). The maximum absolute atomic E-state index is 10.2. The minimum absolute atomic E-state index is 0.161. The number of hydrogen-bond acceptors (Lipinski definition) is 4. The summed E-state index contributed by atoms with van der Waals surface area (Å²) < 4.78 is 0. The zero-order chi connectivity index (χ0) is 15.4. The van der Waals surface area contributed by atoms with Crippen LogP contribution in [-0.4, -0.2) is 10.1 Å². The van der Waals surface area contributed by atoms with E-state index in [9.17, 15) is 5.11 Å². The van der Waals surface area contributed by atoms with Gasteiger partial charge >= 0.3 is 0 Å². The van der Waals surface area contributed by atoms with Gasteiger partial charge in [-0.05, 0) is 17.7 Å². The Labute approximate surface area is 132 Å². The van der Waals surface area contributed by atoms with Crippen molar-refractivity contribution in [1.82, 2.24) is 4.98 Å². The van der Waals surface area contributed by atoms with Crippen LogP contribution in [0.1, 0.15) is 5.56 Å². The van der Waals surface area contributed by atoms with Crippen molar-refractivity contribution in [1.29, 1.82) is 5.26 Å². The summed E-state index contributed by atoms with van der Waals surface area (Å²) in [7, 11) is 0. The number of phenols is 1.